The Hall–Kier alpha value is -1.70. The molecule has 0 aromatic heterocycles. The Balaban J connectivity index is 3.11. The van der Waals surface area contributed by atoms with E-state index in [0.717, 1.165) is 25.1 Å². The van der Waals surface area contributed by atoms with Crippen molar-refractivity contribution in [2.24, 2.45) is 0 Å². The first-order chi connectivity index (χ1) is 7.75. The highest BCUT2D eigenvalue weighted by Crippen LogP contribution is 2.20. The topological polar surface area (TPSA) is 83.5 Å². The first-order valence-electron chi connectivity index (χ1n) is 4.44. The molecule has 0 aliphatic carbocycles. The number of carboxylic acids is 1. The Labute approximate surface area is 96.1 Å². The molecule has 0 bridgehead atoms. The average Bonchev–Trinajstić information content (AvgIpc) is 2.22. The Morgan fingerprint density at radius 3 is 2.24 bits per heavy atom. The van der Waals surface area contributed by atoms with Crippen LogP contribution in [-0.2, 0) is 14.8 Å². The molecule has 1 rings (SSSR count). The number of hydrogen-bond acceptors (Lipinski definition) is 3. The van der Waals surface area contributed by atoms with Crippen molar-refractivity contribution in [3.63, 3.8) is 0 Å². The second-order valence-electron chi connectivity index (χ2n) is 3.22. The van der Waals surface area contributed by atoms with Crippen LogP contribution in [0, 0.1) is 11.6 Å². The summed E-state index contributed by atoms with van der Waals surface area (Å²) in [5.41, 5.74) is -0.888. The molecule has 17 heavy (non-hydrogen) atoms. The average molecular weight is 265 g/mol. The van der Waals surface area contributed by atoms with Gasteiger partial charge in [-0.2, -0.15) is 0 Å². The van der Waals surface area contributed by atoms with Gasteiger partial charge < -0.3 is 5.11 Å². The Morgan fingerprint density at radius 1 is 1.35 bits per heavy atom. The number of anilines is 1. The zero-order valence-electron chi connectivity index (χ0n) is 8.65. The fourth-order valence-corrected chi connectivity index (χ4v) is 1.88. The zero-order chi connectivity index (χ0) is 13.2. The Morgan fingerprint density at radius 2 is 1.82 bits per heavy atom. The Bertz CT molecular complexity index is 524. The molecule has 0 aliphatic rings. The van der Waals surface area contributed by atoms with Gasteiger partial charge in [-0.25, -0.2) is 17.2 Å². The van der Waals surface area contributed by atoms with Gasteiger partial charge in [-0.1, -0.05) is 6.07 Å². The summed E-state index contributed by atoms with van der Waals surface area (Å²) in [6.07, 6.45) is 0. The highest BCUT2D eigenvalue weighted by molar-refractivity contribution is 7.94. The third-order valence-corrected chi connectivity index (χ3v) is 3.64. The molecule has 0 radical (unpaired) electrons. The molecule has 94 valence electrons. The lowest BCUT2D eigenvalue weighted by Gasteiger charge is -2.12. The summed E-state index contributed by atoms with van der Waals surface area (Å²) in [6, 6.07) is 2.77. The third-order valence-electron chi connectivity index (χ3n) is 2.02. The summed E-state index contributed by atoms with van der Waals surface area (Å²) in [5.74, 6) is -3.86. The summed E-state index contributed by atoms with van der Waals surface area (Å²) in [6.45, 7) is 0.892. The maximum absolute atomic E-state index is 13.1. The largest absolute Gasteiger partial charge is 0.480 e. The van der Waals surface area contributed by atoms with E-state index in [1.165, 1.54) is 0 Å². The number of aliphatic carboxylic acids is 1. The minimum atomic E-state index is -4.39. The van der Waals surface area contributed by atoms with Crippen LogP contribution in [-0.4, -0.2) is 24.7 Å². The number of sulfonamides is 1. The summed E-state index contributed by atoms with van der Waals surface area (Å²) in [5, 5.41) is 6.71. The number of carboxylic acid groups (broad SMARTS) is 1. The van der Waals surface area contributed by atoms with E-state index in [-0.39, 0.29) is 0 Å². The molecule has 1 aromatic carbocycles. The van der Waals surface area contributed by atoms with Crippen molar-refractivity contribution >= 4 is 21.7 Å². The lowest BCUT2D eigenvalue weighted by Crippen LogP contribution is -2.32. The number of hydrogen-bond donors (Lipinski definition) is 2. The summed E-state index contributed by atoms with van der Waals surface area (Å²) in [7, 11) is -4.39. The molecule has 2 N–H and O–H groups in total. The van der Waals surface area contributed by atoms with Crippen molar-refractivity contribution in [3.8, 4) is 0 Å². The molecular weight excluding hydrogens is 256 g/mol. The lowest BCUT2D eigenvalue weighted by atomic mass is 10.3. The van der Waals surface area contributed by atoms with Crippen LogP contribution in [0.15, 0.2) is 18.2 Å². The van der Waals surface area contributed by atoms with E-state index >= 15 is 0 Å². The molecule has 0 saturated heterocycles. The maximum Gasteiger partial charge on any atom is 0.323 e. The minimum Gasteiger partial charge on any atom is -0.480 e. The number of nitrogens with one attached hydrogen (secondary N) is 1. The number of rotatable bonds is 4. The monoisotopic (exact) mass is 265 g/mol. The molecule has 1 unspecified atom stereocenters. The van der Waals surface area contributed by atoms with Gasteiger partial charge in [-0.3, -0.25) is 9.52 Å². The van der Waals surface area contributed by atoms with Crippen LogP contribution < -0.4 is 4.72 Å². The van der Waals surface area contributed by atoms with Crippen LogP contribution in [0.3, 0.4) is 0 Å². The molecular formula is C9H9F2NO4S. The van der Waals surface area contributed by atoms with E-state index in [9.17, 15) is 22.0 Å². The number of carbonyl (C=O) groups is 1. The highest BCUT2D eigenvalue weighted by Gasteiger charge is 2.29. The molecule has 0 aliphatic heterocycles. The third kappa shape index (κ3) is 2.90. The smallest absolute Gasteiger partial charge is 0.323 e. The van der Waals surface area contributed by atoms with E-state index < -0.39 is 38.6 Å². The first-order valence-corrected chi connectivity index (χ1v) is 5.99. The normalized spacial score (nSPS) is 13.1. The second kappa shape index (κ2) is 4.66. The molecule has 8 heteroatoms. The molecule has 0 amide bonds. The SMILES string of the molecule is CC(C(=O)O)S(=O)(=O)Nc1c(F)cccc1F. The fraction of sp³-hybridized carbons (Fsp3) is 0.222. The number of benzene rings is 1. The van der Waals surface area contributed by atoms with E-state index in [1.807, 2.05) is 0 Å². The van der Waals surface area contributed by atoms with Crippen LogP contribution in [0.2, 0.25) is 0 Å². The van der Waals surface area contributed by atoms with E-state index in [4.69, 9.17) is 5.11 Å². The van der Waals surface area contributed by atoms with Gasteiger partial charge in [0.1, 0.15) is 17.3 Å². The predicted molar refractivity (Wildman–Crippen MR) is 56.0 cm³/mol. The van der Waals surface area contributed by atoms with Crippen LogP contribution in [0.1, 0.15) is 6.92 Å². The van der Waals surface area contributed by atoms with Crippen LogP contribution in [0.4, 0.5) is 14.5 Å². The summed E-state index contributed by atoms with van der Waals surface area (Å²) >= 11 is 0. The van der Waals surface area contributed by atoms with Gasteiger partial charge in [0.25, 0.3) is 0 Å². The molecule has 0 spiro atoms. The Kier molecular flexibility index (Phi) is 3.66. The standard InChI is InChI=1S/C9H9F2NO4S/c1-5(9(13)14)17(15,16)12-8-6(10)3-2-4-7(8)11/h2-5,12H,1H3,(H,13,14). The van der Waals surface area contributed by atoms with Crippen molar-refractivity contribution in [3.05, 3.63) is 29.8 Å². The van der Waals surface area contributed by atoms with E-state index in [0.29, 0.717) is 0 Å². The van der Waals surface area contributed by atoms with Gasteiger partial charge in [-0.05, 0) is 19.1 Å². The van der Waals surface area contributed by atoms with E-state index in [2.05, 4.69) is 0 Å². The van der Waals surface area contributed by atoms with Gasteiger partial charge >= 0.3 is 5.97 Å². The molecule has 5 nitrogen and oxygen atoms in total. The van der Waals surface area contributed by atoms with Crippen LogP contribution >= 0.6 is 0 Å². The molecule has 0 heterocycles. The lowest BCUT2D eigenvalue weighted by molar-refractivity contribution is -0.136. The zero-order valence-corrected chi connectivity index (χ0v) is 9.46. The molecule has 1 aromatic rings. The van der Waals surface area contributed by atoms with Crippen molar-refractivity contribution in [1.82, 2.24) is 0 Å². The van der Waals surface area contributed by atoms with Crippen LogP contribution in [0.25, 0.3) is 0 Å². The second-order valence-corrected chi connectivity index (χ2v) is 5.23. The maximum atomic E-state index is 13.1. The van der Waals surface area contributed by atoms with E-state index in [1.54, 1.807) is 4.72 Å². The van der Waals surface area contributed by atoms with Gasteiger partial charge in [0.05, 0.1) is 0 Å². The molecule has 0 fully saturated rings. The minimum absolute atomic E-state index is 0.854. The van der Waals surface area contributed by atoms with Gasteiger partial charge in [0.2, 0.25) is 10.0 Å². The number of para-hydroxylation sites is 1. The van der Waals surface area contributed by atoms with Crippen molar-refractivity contribution in [2.45, 2.75) is 12.2 Å². The predicted octanol–water partition coefficient (Wildman–Crippen LogP) is 1.18. The fourth-order valence-electron chi connectivity index (χ4n) is 0.959. The van der Waals surface area contributed by atoms with Crippen molar-refractivity contribution in [1.29, 1.82) is 0 Å². The molecule has 0 saturated carbocycles. The summed E-state index contributed by atoms with van der Waals surface area (Å²) in [4.78, 5) is 10.5. The van der Waals surface area contributed by atoms with Crippen molar-refractivity contribution in [2.75, 3.05) is 4.72 Å². The van der Waals surface area contributed by atoms with Gasteiger partial charge in [0, 0.05) is 0 Å². The summed E-state index contributed by atoms with van der Waals surface area (Å²) < 4.78 is 50.7. The molecule has 1 atom stereocenters. The quantitative estimate of drug-likeness (QED) is 0.856. The van der Waals surface area contributed by atoms with Crippen LogP contribution in [0.5, 0.6) is 0 Å². The van der Waals surface area contributed by atoms with Gasteiger partial charge in [-0.15, -0.1) is 0 Å². The number of halogens is 2. The highest BCUT2D eigenvalue weighted by atomic mass is 32.2. The first kappa shape index (κ1) is 13.4. The van der Waals surface area contributed by atoms with Crippen molar-refractivity contribution < 1.29 is 27.1 Å². The van der Waals surface area contributed by atoms with Gasteiger partial charge in [0.15, 0.2) is 5.25 Å².